The van der Waals surface area contributed by atoms with Crippen LogP contribution in [0.1, 0.15) is 29.0 Å². The van der Waals surface area contributed by atoms with Gasteiger partial charge in [0.2, 0.25) is 11.8 Å². The van der Waals surface area contributed by atoms with Gasteiger partial charge in [-0.15, -0.1) is 11.8 Å². The van der Waals surface area contributed by atoms with E-state index in [2.05, 4.69) is 11.4 Å². The quantitative estimate of drug-likeness (QED) is 0.917. The maximum Gasteiger partial charge on any atom is 0.238 e. The normalized spacial score (nSPS) is 17.2. The smallest absolute Gasteiger partial charge is 0.238 e. The van der Waals surface area contributed by atoms with Crippen molar-refractivity contribution in [1.29, 1.82) is 0 Å². The maximum absolute atomic E-state index is 12.5. The van der Waals surface area contributed by atoms with Gasteiger partial charge in [0.05, 0.1) is 5.75 Å². The fraction of sp³-hybridized carbons (Fsp3) is 0.263. The Kier molecular flexibility index (Phi) is 4.62. The summed E-state index contributed by atoms with van der Waals surface area (Å²) in [6.45, 7) is 5.56. The standard InChI is InChI=1S/C19H20N2O2S/c1-12-8-9-17(13(2)10-12)21-18(23)11-24-19(21)15-6-4-5-7-16(15)20-14(3)22/h4-10,19H,11H2,1-3H3,(H,20,22). The van der Waals surface area contributed by atoms with Gasteiger partial charge in [0.1, 0.15) is 5.37 Å². The highest BCUT2D eigenvalue weighted by Gasteiger charge is 2.36. The third-order valence-electron chi connectivity index (χ3n) is 4.02. The molecule has 1 unspecified atom stereocenters. The molecule has 2 amide bonds. The number of hydrogen-bond acceptors (Lipinski definition) is 3. The van der Waals surface area contributed by atoms with E-state index in [1.54, 1.807) is 11.8 Å². The van der Waals surface area contributed by atoms with Crippen LogP contribution in [0.2, 0.25) is 0 Å². The molecule has 3 rings (SSSR count). The second kappa shape index (κ2) is 6.69. The van der Waals surface area contributed by atoms with Gasteiger partial charge in [0, 0.05) is 23.9 Å². The van der Waals surface area contributed by atoms with E-state index in [-0.39, 0.29) is 17.2 Å². The molecule has 0 saturated carbocycles. The van der Waals surface area contributed by atoms with Gasteiger partial charge in [-0.3, -0.25) is 14.5 Å². The van der Waals surface area contributed by atoms with Crippen LogP contribution in [0.3, 0.4) is 0 Å². The van der Waals surface area contributed by atoms with Crippen LogP contribution in [0.5, 0.6) is 0 Å². The number of thioether (sulfide) groups is 1. The molecular weight excluding hydrogens is 320 g/mol. The van der Waals surface area contributed by atoms with Crippen LogP contribution < -0.4 is 10.2 Å². The first-order valence-electron chi connectivity index (χ1n) is 7.85. The van der Waals surface area contributed by atoms with Crippen molar-refractivity contribution >= 4 is 35.0 Å². The molecule has 0 spiro atoms. The van der Waals surface area contributed by atoms with Crippen molar-refractivity contribution in [3.8, 4) is 0 Å². The molecule has 0 radical (unpaired) electrons. The number of carbonyl (C=O) groups excluding carboxylic acids is 2. The van der Waals surface area contributed by atoms with Crippen LogP contribution in [0.25, 0.3) is 0 Å². The summed E-state index contributed by atoms with van der Waals surface area (Å²) in [6, 6.07) is 13.8. The zero-order chi connectivity index (χ0) is 17.3. The SMILES string of the molecule is CC(=O)Nc1ccccc1C1SCC(=O)N1c1ccc(C)cc1C. The molecule has 1 saturated heterocycles. The van der Waals surface area contributed by atoms with Crippen molar-refractivity contribution < 1.29 is 9.59 Å². The lowest BCUT2D eigenvalue weighted by Gasteiger charge is -2.27. The van der Waals surface area contributed by atoms with E-state index in [4.69, 9.17) is 0 Å². The highest BCUT2D eigenvalue weighted by Crippen LogP contribution is 2.45. The van der Waals surface area contributed by atoms with Crippen molar-refractivity contribution in [3.63, 3.8) is 0 Å². The Labute approximate surface area is 146 Å². The van der Waals surface area contributed by atoms with Gasteiger partial charge in [-0.1, -0.05) is 35.9 Å². The topological polar surface area (TPSA) is 49.4 Å². The number of hydrogen-bond donors (Lipinski definition) is 1. The predicted molar refractivity (Wildman–Crippen MR) is 99.3 cm³/mol. The van der Waals surface area contributed by atoms with Crippen LogP contribution in [0.15, 0.2) is 42.5 Å². The number of nitrogens with one attached hydrogen (secondary N) is 1. The summed E-state index contributed by atoms with van der Waals surface area (Å²) in [7, 11) is 0. The third-order valence-corrected chi connectivity index (χ3v) is 5.21. The fourth-order valence-electron chi connectivity index (χ4n) is 3.01. The molecular formula is C19H20N2O2S. The molecule has 1 heterocycles. The van der Waals surface area contributed by atoms with Gasteiger partial charge in [0.15, 0.2) is 0 Å². The molecule has 1 fully saturated rings. The number of rotatable bonds is 3. The van der Waals surface area contributed by atoms with Crippen LogP contribution in [-0.2, 0) is 9.59 Å². The molecule has 1 aliphatic rings. The Hall–Kier alpha value is -2.27. The van der Waals surface area contributed by atoms with Gasteiger partial charge >= 0.3 is 0 Å². The highest BCUT2D eigenvalue weighted by atomic mass is 32.2. The third kappa shape index (κ3) is 3.17. The number of benzene rings is 2. The van der Waals surface area contributed by atoms with Crippen LogP contribution >= 0.6 is 11.8 Å². The summed E-state index contributed by atoms with van der Waals surface area (Å²) >= 11 is 1.59. The van der Waals surface area contributed by atoms with Crippen molar-refractivity contribution in [2.24, 2.45) is 0 Å². The molecule has 4 nitrogen and oxygen atoms in total. The first-order chi connectivity index (χ1) is 11.5. The minimum Gasteiger partial charge on any atom is -0.326 e. The maximum atomic E-state index is 12.5. The minimum atomic E-state index is -0.137. The zero-order valence-corrected chi connectivity index (χ0v) is 14.8. The Balaban J connectivity index is 2.04. The zero-order valence-electron chi connectivity index (χ0n) is 14.0. The summed E-state index contributed by atoms with van der Waals surface area (Å²) in [6.07, 6.45) is 0. The Morgan fingerprint density at radius 2 is 1.96 bits per heavy atom. The van der Waals surface area contributed by atoms with Crippen LogP contribution in [-0.4, -0.2) is 17.6 Å². The second-order valence-corrected chi connectivity index (χ2v) is 7.05. The Morgan fingerprint density at radius 3 is 2.67 bits per heavy atom. The van der Waals surface area contributed by atoms with Gasteiger partial charge < -0.3 is 5.32 Å². The highest BCUT2D eigenvalue weighted by molar-refractivity contribution is 8.00. The number of aryl methyl sites for hydroxylation is 2. The number of carbonyl (C=O) groups is 2. The lowest BCUT2D eigenvalue weighted by Crippen LogP contribution is -2.29. The first kappa shape index (κ1) is 16.6. The molecule has 24 heavy (non-hydrogen) atoms. The number of nitrogens with zero attached hydrogens (tertiary/aromatic N) is 1. The Bertz CT molecular complexity index is 804. The summed E-state index contributed by atoms with van der Waals surface area (Å²) in [5, 5.41) is 2.73. The molecule has 2 aromatic carbocycles. The van der Waals surface area contributed by atoms with E-state index in [1.807, 2.05) is 55.1 Å². The first-order valence-corrected chi connectivity index (χ1v) is 8.89. The number of amides is 2. The number of para-hydroxylation sites is 1. The minimum absolute atomic E-state index is 0.0922. The summed E-state index contributed by atoms with van der Waals surface area (Å²) in [5.41, 5.74) is 4.88. The van der Waals surface area contributed by atoms with E-state index in [0.717, 1.165) is 22.5 Å². The molecule has 0 bridgehead atoms. The van der Waals surface area contributed by atoms with Crippen molar-refractivity contribution in [2.45, 2.75) is 26.1 Å². The average Bonchev–Trinajstić information content (AvgIpc) is 2.89. The molecule has 2 aromatic rings. The van der Waals surface area contributed by atoms with E-state index < -0.39 is 0 Å². The summed E-state index contributed by atoms with van der Waals surface area (Å²) in [5.74, 6) is 0.413. The lowest BCUT2D eigenvalue weighted by molar-refractivity contribution is -0.116. The molecule has 0 aromatic heterocycles. The fourth-order valence-corrected chi connectivity index (χ4v) is 4.21. The van der Waals surface area contributed by atoms with E-state index in [0.29, 0.717) is 5.75 Å². The van der Waals surface area contributed by atoms with Crippen molar-refractivity contribution in [2.75, 3.05) is 16.0 Å². The molecule has 0 aliphatic carbocycles. The van der Waals surface area contributed by atoms with E-state index in [1.165, 1.54) is 12.5 Å². The van der Waals surface area contributed by atoms with Crippen molar-refractivity contribution in [3.05, 3.63) is 59.2 Å². The molecule has 5 heteroatoms. The molecule has 1 atom stereocenters. The van der Waals surface area contributed by atoms with Gasteiger partial charge in [-0.2, -0.15) is 0 Å². The molecule has 1 aliphatic heterocycles. The van der Waals surface area contributed by atoms with Crippen molar-refractivity contribution in [1.82, 2.24) is 0 Å². The second-order valence-electron chi connectivity index (χ2n) is 5.99. The van der Waals surface area contributed by atoms with Crippen LogP contribution in [0, 0.1) is 13.8 Å². The summed E-state index contributed by atoms with van der Waals surface area (Å²) < 4.78 is 0. The predicted octanol–water partition coefficient (Wildman–Crippen LogP) is 4.04. The monoisotopic (exact) mass is 340 g/mol. The molecule has 124 valence electrons. The van der Waals surface area contributed by atoms with E-state index in [9.17, 15) is 9.59 Å². The van der Waals surface area contributed by atoms with Gasteiger partial charge in [-0.25, -0.2) is 0 Å². The van der Waals surface area contributed by atoms with Gasteiger partial charge in [0.25, 0.3) is 0 Å². The number of anilines is 2. The molecule has 1 N–H and O–H groups in total. The van der Waals surface area contributed by atoms with Crippen LogP contribution in [0.4, 0.5) is 11.4 Å². The average molecular weight is 340 g/mol. The summed E-state index contributed by atoms with van der Waals surface area (Å²) in [4.78, 5) is 25.9. The van der Waals surface area contributed by atoms with E-state index >= 15 is 0 Å². The Morgan fingerprint density at radius 1 is 1.21 bits per heavy atom. The van der Waals surface area contributed by atoms with Gasteiger partial charge in [-0.05, 0) is 31.5 Å². The largest absolute Gasteiger partial charge is 0.326 e. The lowest BCUT2D eigenvalue weighted by atomic mass is 10.1.